The quantitative estimate of drug-likeness (QED) is 0.777. The second kappa shape index (κ2) is 5.65. The summed E-state index contributed by atoms with van der Waals surface area (Å²) >= 11 is 0. The predicted octanol–water partition coefficient (Wildman–Crippen LogP) is 4.32. The van der Waals surface area contributed by atoms with Crippen LogP contribution in [0.1, 0.15) is 25.2 Å². The van der Waals surface area contributed by atoms with Crippen molar-refractivity contribution in [1.29, 1.82) is 0 Å². The van der Waals surface area contributed by atoms with Gasteiger partial charge in [0, 0.05) is 29.7 Å². The molecule has 5 heteroatoms. The van der Waals surface area contributed by atoms with E-state index >= 15 is 0 Å². The predicted molar refractivity (Wildman–Crippen MR) is 100 cm³/mol. The summed E-state index contributed by atoms with van der Waals surface area (Å²) in [5.41, 5.74) is 3.76. The maximum Gasteiger partial charge on any atom is 0.235 e. The third-order valence-electron chi connectivity index (χ3n) is 4.87. The Morgan fingerprint density at radius 3 is 2.38 bits per heavy atom. The SMILES string of the molecule is Cc1ccc([P@](=O)(/C=C2\N(C)c3ccccc3C2(C)C)N(C)C)o1. The van der Waals surface area contributed by atoms with Crippen LogP contribution in [0.2, 0.25) is 0 Å². The summed E-state index contributed by atoms with van der Waals surface area (Å²) in [6.45, 7) is 6.22. The van der Waals surface area contributed by atoms with E-state index < -0.39 is 7.29 Å². The fourth-order valence-corrected chi connectivity index (χ4v) is 5.51. The number of nitrogens with zero attached hydrogens (tertiary/aromatic N) is 2. The molecule has 1 aromatic carbocycles. The van der Waals surface area contributed by atoms with Gasteiger partial charge in [-0.05, 0) is 44.8 Å². The highest BCUT2D eigenvalue weighted by Crippen LogP contribution is 2.55. The van der Waals surface area contributed by atoms with Crippen LogP contribution >= 0.6 is 7.29 Å². The first-order valence-corrected chi connectivity index (χ1v) is 9.82. The largest absolute Gasteiger partial charge is 0.457 e. The molecule has 1 atom stereocenters. The molecule has 1 aliphatic rings. The van der Waals surface area contributed by atoms with Crippen molar-refractivity contribution in [3.05, 3.63) is 59.2 Å². The monoisotopic (exact) mass is 344 g/mol. The zero-order valence-electron chi connectivity index (χ0n) is 15.2. The van der Waals surface area contributed by atoms with Crippen LogP contribution in [0.15, 0.2) is 52.3 Å². The second-order valence-electron chi connectivity index (χ2n) is 7.07. The van der Waals surface area contributed by atoms with Crippen LogP contribution in [0.4, 0.5) is 5.69 Å². The molecular weight excluding hydrogens is 319 g/mol. The fourth-order valence-electron chi connectivity index (χ4n) is 3.37. The van der Waals surface area contributed by atoms with Crippen molar-refractivity contribution in [1.82, 2.24) is 4.67 Å². The maximum absolute atomic E-state index is 13.8. The van der Waals surface area contributed by atoms with Crippen molar-refractivity contribution in [3.63, 3.8) is 0 Å². The summed E-state index contributed by atoms with van der Waals surface area (Å²) in [6, 6.07) is 12.0. The van der Waals surface area contributed by atoms with E-state index in [4.69, 9.17) is 4.42 Å². The number of fused-ring (bicyclic) bond motifs is 1. The van der Waals surface area contributed by atoms with Crippen LogP contribution in [0, 0.1) is 6.92 Å². The number of para-hydroxylation sites is 1. The number of benzene rings is 1. The van der Waals surface area contributed by atoms with Crippen LogP contribution in [0.3, 0.4) is 0 Å². The van der Waals surface area contributed by atoms with Crippen molar-refractivity contribution in [3.8, 4) is 0 Å². The lowest BCUT2D eigenvalue weighted by molar-refractivity contribution is 0.506. The Labute approximate surface area is 144 Å². The molecule has 128 valence electrons. The first-order valence-electron chi connectivity index (χ1n) is 8.09. The van der Waals surface area contributed by atoms with Crippen LogP contribution in [0.5, 0.6) is 0 Å². The molecule has 0 unspecified atom stereocenters. The van der Waals surface area contributed by atoms with E-state index in [2.05, 4.69) is 36.9 Å². The van der Waals surface area contributed by atoms with Gasteiger partial charge in [-0.25, -0.2) is 0 Å². The number of allylic oxidation sites excluding steroid dienone is 1. The molecule has 0 amide bonds. The van der Waals surface area contributed by atoms with Gasteiger partial charge in [-0.1, -0.05) is 32.0 Å². The number of likely N-dealkylation sites (N-methyl/N-ethyl adjacent to an activating group) is 1. The van der Waals surface area contributed by atoms with Crippen molar-refractivity contribution < 1.29 is 8.98 Å². The van der Waals surface area contributed by atoms with Crippen molar-refractivity contribution in [2.24, 2.45) is 0 Å². The molecule has 2 heterocycles. The minimum Gasteiger partial charge on any atom is -0.457 e. The Balaban J connectivity index is 2.18. The smallest absolute Gasteiger partial charge is 0.235 e. The van der Waals surface area contributed by atoms with Gasteiger partial charge in [-0.3, -0.25) is 9.24 Å². The molecule has 4 nitrogen and oxygen atoms in total. The Morgan fingerprint density at radius 2 is 1.83 bits per heavy atom. The summed E-state index contributed by atoms with van der Waals surface area (Å²) in [5, 5.41) is 0. The van der Waals surface area contributed by atoms with Crippen LogP contribution in [-0.4, -0.2) is 25.8 Å². The van der Waals surface area contributed by atoms with Crippen LogP contribution < -0.4 is 10.4 Å². The van der Waals surface area contributed by atoms with Crippen molar-refractivity contribution in [2.75, 3.05) is 26.0 Å². The minimum atomic E-state index is -2.95. The van der Waals surface area contributed by atoms with Crippen LogP contribution in [-0.2, 0) is 9.98 Å². The number of anilines is 1. The highest BCUT2D eigenvalue weighted by molar-refractivity contribution is 7.71. The maximum atomic E-state index is 13.8. The number of furan rings is 1. The first-order chi connectivity index (χ1) is 11.2. The molecule has 0 fully saturated rings. The summed E-state index contributed by atoms with van der Waals surface area (Å²) in [4.78, 5) is 2.14. The standard InChI is InChI=1S/C19H25N2O2P/c1-14-11-12-18(23-14)24(22,20(4)5)13-17-19(2,3)15-9-7-8-10-16(15)21(17)6/h7-13H,1-6H3/b17-13-/t24-/m1/s1. The highest BCUT2D eigenvalue weighted by Gasteiger charge is 2.41. The molecule has 1 aliphatic heterocycles. The van der Waals surface area contributed by atoms with E-state index in [0.29, 0.717) is 5.50 Å². The van der Waals surface area contributed by atoms with Gasteiger partial charge in [0.1, 0.15) is 5.76 Å². The zero-order chi connectivity index (χ0) is 17.7. The Morgan fingerprint density at radius 1 is 1.17 bits per heavy atom. The number of hydrogen-bond acceptors (Lipinski definition) is 3. The Hall–Kier alpha value is -1.77. The number of rotatable bonds is 3. The molecule has 24 heavy (non-hydrogen) atoms. The van der Waals surface area contributed by atoms with Gasteiger partial charge >= 0.3 is 0 Å². The van der Waals surface area contributed by atoms with Gasteiger partial charge < -0.3 is 9.32 Å². The highest BCUT2D eigenvalue weighted by atomic mass is 31.2. The molecule has 0 saturated carbocycles. The molecule has 0 spiro atoms. The van der Waals surface area contributed by atoms with E-state index in [1.54, 1.807) is 4.67 Å². The van der Waals surface area contributed by atoms with Crippen molar-refractivity contribution in [2.45, 2.75) is 26.2 Å². The lowest BCUT2D eigenvalue weighted by Crippen LogP contribution is -2.25. The van der Waals surface area contributed by atoms with Gasteiger partial charge in [-0.15, -0.1) is 0 Å². The average Bonchev–Trinajstić information content (AvgIpc) is 3.04. The summed E-state index contributed by atoms with van der Waals surface area (Å²) in [6.07, 6.45) is 0. The van der Waals surface area contributed by atoms with E-state index in [9.17, 15) is 4.57 Å². The van der Waals surface area contributed by atoms with E-state index in [-0.39, 0.29) is 5.41 Å². The molecule has 1 aromatic heterocycles. The molecule has 0 radical (unpaired) electrons. The van der Waals surface area contributed by atoms with E-state index in [0.717, 1.165) is 17.1 Å². The second-order valence-corrected chi connectivity index (χ2v) is 9.81. The average molecular weight is 344 g/mol. The van der Waals surface area contributed by atoms with Gasteiger partial charge in [0.25, 0.3) is 0 Å². The van der Waals surface area contributed by atoms with Crippen molar-refractivity contribution >= 4 is 18.5 Å². The Bertz CT molecular complexity index is 849. The molecule has 3 rings (SSSR count). The molecule has 0 aliphatic carbocycles. The third kappa shape index (κ3) is 2.45. The molecule has 0 N–H and O–H groups in total. The molecule has 2 aromatic rings. The Kier molecular flexibility index (Phi) is 4.01. The minimum absolute atomic E-state index is 0.210. The lowest BCUT2D eigenvalue weighted by Gasteiger charge is -2.28. The van der Waals surface area contributed by atoms with Gasteiger partial charge in [0.05, 0.1) is 0 Å². The van der Waals surface area contributed by atoms with E-state index in [1.165, 1.54) is 5.56 Å². The normalized spacial score (nSPS) is 20.5. The molecule has 0 bridgehead atoms. The molecular formula is C19H25N2O2P. The summed E-state index contributed by atoms with van der Waals surface area (Å²) in [7, 11) is 2.76. The topological polar surface area (TPSA) is 36.7 Å². The van der Waals surface area contributed by atoms with E-state index in [1.807, 2.05) is 52.1 Å². The zero-order valence-corrected chi connectivity index (χ0v) is 16.1. The van der Waals surface area contributed by atoms with Gasteiger partial charge in [0.2, 0.25) is 7.29 Å². The fraction of sp³-hybridized carbons (Fsp3) is 0.368. The third-order valence-corrected chi connectivity index (χ3v) is 7.53. The number of hydrogen-bond donors (Lipinski definition) is 0. The lowest BCUT2D eigenvalue weighted by atomic mass is 9.84. The summed E-state index contributed by atoms with van der Waals surface area (Å²) < 4.78 is 21.3. The first kappa shape index (κ1) is 17.1. The molecule has 0 saturated heterocycles. The number of aryl methyl sites for hydroxylation is 1. The van der Waals surface area contributed by atoms with Crippen LogP contribution in [0.25, 0.3) is 0 Å². The van der Waals surface area contributed by atoms with Gasteiger partial charge in [0.15, 0.2) is 5.50 Å². The summed E-state index contributed by atoms with van der Waals surface area (Å²) in [5.74, 6) is 2.68. The van der Waals surface area contributed by atoms with Gasteiger partial charge in [-0.2, -0.15) is 0 Å².